The zero-order valence-electron chi connectivity index (χ0n) is 17.4. The first-order chi connectivity index (χ1) is 14.6. The van der Waals surface area contributed by atoms with E-state index in [9.17, 15) is 9.90 Å². The maximum absolute atomic E-state index is 12.2. The Morgan fingerprint density at radius 2 is 2.00 bits per heavy atom. The highest BCUT2D eigenvalue weighted by atomic mass is 16.5. The maximum Gasteiger partial charge on any atom is 0.220 e. The lowest BCUT2D eigenvalue weighted by molar-refractivity contribution is -0.121. The van der Waals surface area contributed by atoms with E-state index < -0.39 is 6.10 Å². The minimum absolute atomic E-state index is 0.0522. The summed E-state index contributed by atoms with van der Waals surface area (Å²) in [5.74, 6) is 0.721. The number of nitrogens with one attached hydrogen (secondary N) is 1. The molecule has 2 aliphatic heterocycles. The second-order valence-corrected chi connectivity index (χ2v) is 8.03. The van der Waals surface area contributed by atoms with Gasteiger partial charge in [-0.1, -0.05) is 36.4 Å². The molecule has 6 nitrogen and oxygen atoms in total. The number of β-amino-alcohol motifs (C(OH)–C–C–N with tert-alkyl or cyclic N) is 1. The Kier molecular flexibility index (Phi) is 6.45. The molecule has 2 aromatic rings. The molecule has 0 saturated heterocycles. The maximum atomic E-state index is 12.2. The number of para-hydroxylation sites is 1. The molecule has 0 bridgehead atoms. The van der Waals surface area contributed by atoms with Crippen molar-refractivity contribution in [2.45, 2.75) is 38.3 Å². The first kappa shape index (κ1) is 20.6. The normalized spacial score (nSPS) is 16.4. The first-order valence-electron chi connectivity index (χ1n) is 10.6. The minimum atomic E-state index is -0.573. The van der Waals surface area contributed by atoms with E-state index in [1.807, 2.05) is 18.2 Å². The van der Waals surface area contributed by atoms with Crippen LogP contribution in [0.4, 0.5) is 5.69 Å². The SMILES string of the molecule is COc1cccc2c1N=C(CCC(=O)NC[C@H](O)CN1CCc3ccccc3C1)C2. The predicted octanol–water partition coefficient (Wildman–Crippen LogP) is 2.64. The van der Waals surface area contributed by atoms with Crippen molar-refractivity contribution >= 4 is 17.3 Å². The lowest BCUT2D eigenvalue weighted by Gasteiger charge is -2.30. The van der Waals surface area contributed by atoms with Gasteiger partial charge in [-0.15, -0.1) is 0 Å². The van der Waals surface area contributed by atoms with Gasteiger partial charge in [-0.3, -0.25) is 14.7 Å². The van der Waals surface area contributed by atoms with E-state index in [-0.39, 0.29) is 12.5 Å². The van der Waals surface area contributed by atoms with Crippen LogP contribution in [0.15, 0.2) is 47.5 Å². The molecule has 1 amide bonds. The van der Waals surface area contributed by atoms with E-state index in [1.54, 1.807) is 7.11 Å². The molecule has 6 heteroatoms. The van der Waals surface area contributed by atoms with E-state index in [4.69, 9.17) is 4.74 Å². The second kappa shape index (κ2) is 9.41. The van der Waals surface area contributed by atoms with Crippen LogP contribution >= 0.6 is 0 Å². The predicted molar refractivity (Wildman–Crippen MR) is 117 cm³/mol. The van der Waals surface area contributed by atoms with Gasteiger partial charge in [0.2, 0.25) is 5.91 Å². The molecule has 1 atom stereocenters. The molecular weight excluding hydrogens is 378 g/mol. The average Bonchev–Trinajstić information content (AvgIpc) is 3.19. The van der Waals surface area contributed by atoms with Gasteiger partial charge in [-0.2, -0.15) is 0 Å². The molecule has 0 aliphatic carbocycles. The number of nitrogens with zero attached hydrogens (tertiary/aromatic N) is 2. The van der Waals surface area contributed by atoms with Crippen LogP contribution in [0.1, 0.15) is 29.5 Å². The summed E-state index contributed by atoms with van der Waals surface area (Å²) >= 11 is 0. The Morgan fingerprint density at radius 1 is 1.20 bits per heavy atom. The molecule has 0 fully saturated rings. The van der Waals surface area contributed by atoms with Crippen LogP contribution in [-0.2, 0) is 24.2 Å². The number of aliphatic hydroxyl groups is 1. The van der Waals surface area contributed by atoms with Crippen molar-refractivity contribution in [3.63, 3.8) is 0 Å². The fraction of sp³-hybridized carbons (Fsp3) is 0.417. The van der Waals surface area contributed by atoms with Crippen molar-refractivity contribution < 1.29 is 14.6 Å². The van der Waals surface area contributed by atoms with Crippen LogP contribution in [0.25, 0.3) is 0 Å². The van der Waals surface area contributed by atoms with Gasteiger partial charge in [0.25, 0.3) is 0 Å². The number of benzene rings is 2. The first-order valence-corrected chi connectivity index (χ1v) is 10.6. The fourth-order valence-electron chi connectivity index (χ4n) is 4.21. The smallest absolute Gasteiger partial charge is 0.220 e. The Morgan fingerprint density at radius 3 is 2.83 bits per heavy atom. The van der Waals surface area contributed by atoms with Gasteiger partial charge in [-0.05, 0) is 35.6 Å². The van der Waals surface area contributed by atoms with Crippen molar-refractivity contribution in [1.82, 2.24) is 10.2 Å². The third-order valence-electron chi connectivity index (χ3n) is 5.82. The van der Waals surface area contributed by atoms with E-state index in [1.165, 1.54) is 11.1 Å². The average molecular weight is 408 g/mol. The highest BCUT2D eigenvalue weighted by Gasteiger charge is 2.20. The third kappa shape index (κ3) is 4.89. The molecule has 2 heterocycles. The van der Waals surface area contributed by atoms with Crippen molar-refractivity contribution in [2.75, 3.05) is 26.7 Å². The van der Waals surface area contributed by atoms with Gasteiger partial charge in [0.1, 0.15) is 11.4 Å². The van der Waals surface area contributed by atoms with Crippen LogP contribution < -0.4 is 10.1 Å². The number of carbonyl (C=O) groups excluding carboxylic acids is 1. The number of rotatable bonds is 8. The lowest BCUT2D eigenvalue weighted by Crippen LogP contribution is -2.42. The molecule has 2 aromatic carbocycles. The molecule has 2 aliphatic rings. The molecule has 0 saturated carbocycles. The number of amides is 1. The lowest BCUT2D eigenvalue weighted by atomic mass is 10.00. The second-order valence-electron chi connectivity index (χ2n) is 8.03. The number of ether oxygens (including phenoxy) is 1. The van der Waals surface area contributed by atoms with Crippen LogP contribution in [0.3, 0.4) is 0 Å². The number of aliphatic imine (C=N–C) groups is 1. The summed E-state index contributed by atoms with van der Waals surface area (Å²) in [6.07, 6.45) is 2.18. The summed E-state index contributed by atoms with van der Waals surface area (Å²) in [7, 11) is 1.64. The molecule has 4 rings (SSSR count). The monoisotopic (exact) mass is 407 g/mol. The summed E-state index contributed by atoms with van der Waals surface area (Å²) in [5.41, 5.74) is 5.75. The van der Waals surface area contributed by atoms with Gasteiger partial charge in [-0.25, -0.2) is 0 Å². The van der Waals surface area contributed by atoms with Gasteiger partial charge in [0.05, 0.1) is 13.2 Å². The Labute approximate surface area is 177 Å². The summed E-state index contributed by atoms with van der Waals surface area (Å²) in [4.78, 5) is 19.1. The van der Waals surface area contributed by atoms with Gasteiger partial charge in [0, 0.05) is 44.7 Å². The fourth-order valence-corrected chi connectivity index (χ4v) is 4.21. The summed E-state index contributed by atoms with van der Waals surface area (Å²) in [6.45, 7) is 2.63. The third-order valence-corrected chi connectivity index (χ3v) is 5.82. The molecule has 0 aromatic heterocycles. The molecular formula is C24H29N3O3. The molecule has 0 radical (unpaired) electrons. The quantitative estimate of drug-likeness (QED) is 0.706. The molecule has 30 heavy (non-hydrogen) atoms. The molecule has 158 valence electrons. The zero-order valence-corrected chi connectivity index (χ0v) is 17.4. The number of hydrogen-bond donors (Lipinski definition) is 2. The number of aliphatic hydroxyl groups excluding tert-OH is 1. The highest BCUT2D eigenvalue weighted by molar-refractivity contribution is 5.97. The molecule has 2 N–H and O–H groups in total. The summed E-state index contributed by atoms with van der Waals surface area (Å²) in [6, 6.07) is 14.4. The van der Waals surface area contributed by atoms with Gasteiger partial charge < -0.3 is 15.2 Å². The standard InChI is InChI=1S/C24H29N3O3/c1-30-22-8-4-7-18-13-20(26-24(18)22)9-10-23(29)25-14-21(28)16-27-12-11-17-5-2-3-6-19(17)15-27/h2-8,21,28H,9-16H2,1H3,(H,25,29)/t21-/m0/s1. The topological polar surface area (TPSA) is 74.2 Å². The van der Waals surface area contributed by atoms with Crippen molar-refractivity contribution in [1.29, 1.82) is 0 Å². The Balaban J connectivity index is 1.18. The number of fused-ring (bicyclic) bond motifs is 2. The number of hydrogen-bond acceptors (Lipinski definition) is 5. The van der Waals surface area contributed by atoms with Crippen molar-refractivity contribution in [3.8, 4) is 5.75 Å². The minimum Gasteiger partial charge on any atom is -0.494 e. The zero-order chi connectivity index (χ0) is 20.9. The van der Waals surface area contributed by atoms with Crippen molar-refractivity contribution in [2.24, 2.45) is 4.99 Å². The molecule has 0 spiro atoms. The molecule has 0 unspecified atom stereocenters. The van der Waals surface area contributed by atoms with Crippen LogP contribution in [-0.4, -0.2) is 54.5 Å². The summed E-state index contributed by atoms with van der Waals surface area (Å²) < 4.78 is 5.36. The van der Waals surface area contributed by atoms with Crippen molar-refractivity contribution in [3.05, 3.63) is 59.2 Å². The van der Waals surface area contributed by atoms with E-state index in [0.717, 1.165) is 48.6 Å². The van der Waals surface area contributed by atoms with Gasteiger partial charge >= 0.3 is 0 Å². The van der Waals surface area contributed by atoms with E-state index >= 15 is 0 Å². The summed E-state index contributed by atoms with van der Waals surface area (Å²) in [5, 5.41) is 13.2. The van der Waals surface area contributed by atoms with E-state index in [2.05, 4.69) is 39.5 Å². The van der Waals surface area contributed by atoms with Crippen LogP contribution in [0.5, 0.6) is 5.75 Å². The van der Waals surface area contributed by atoms with Crippen LogP contribution in [0.2, 0.25) is 0 Å². The van der Waals surface area contributed by atoms with Crippen LogP contribution in [0, 0.1) is 0 Å². The number of carbonyl (C=O) groups is 1. The van der Waals surface area contributed by atoms with E-state index in [0.29, 0.717) is 19.4 Å². The Hall–Kier alpha value is -2.70. The Bertz CT molecular complexity index is 941. The number of methoxy groups -OCH3 is 1. The highest BCUT2D eigenvalue weighted by Crippen LogP contribution is 2.36. The largest absolute Gasteiger partial charge is 0.494 e. The van der Waals surface area contributed by atoms with Gasteiger partial charge in [0.15, 0.2) is 0 Å².